The van der Waals surface area contributed by atoms with E-state index in [1.165, 1.54) is 13.8 Å². The molecule has 0 fully saturated rings. The Hall–Kier alpha value is -0.660. The zero-order valence-electron chi connectivity index (χ0n) is 9.20. The molecular weight excluding hydrogens is 220 g/mol. The molecule has 0 aliphatic heterocycles. The second kappa shape index (κ2) is 5.43. The molecule has 1 amide bonds. The zero-order chi connectivity index (χ0) is 12.1. The Morgan fingerprint density at radius 2 is 1.87 bits per heavy atom. The molecule has 0 aromatic carbocycles. The number of hydrogen-bond acceptors (Lipinski definition) is 4. The van der Waals surface area contributed by atoms with Crippen LogP contribution in [0.15, 0.2) is 0 Å². The summed E-state index contributed by atoms with van der Waals surface area (Å²) in [5.74, 6) is -0.471. The van der Waals surface area contributed by atoms with Crippen LogP contribution in [0.25, 0.3) is 0 Å². The van der Waals surface area contributed by atoms with E-state index in [1.807, 2.05) is 0 Å². The normalized spacial score (nSPS) is 12.5. The van der Waals surface area contributed by atoms with E-state index in [4.69, 9.17) is 0 Å². The van der Waals surface area contributed by atoms with E-state index < -0.39 is 21.5 Å². The third-order valence-electron chi connectivity index (χ3n) is 1.56. The number of hydrogen-bond donors (Lipinski definition) is 3. The van der Waals surface area contributed by atoms with E-state index in [9.17, 15) is 18.3 Å². The number of carbonyl (C=O) groups is 1. The Kier molecular flexibility index (Phi) is 5.19. The first-order valence-electron chi connectivity index (χ1n) is 4.58. The Labute approximate surface area is 90.1 Å². The van der Waals surface area contributed by atoms with Crippen LogP contribution in [-0.2, 0) is 14.8 Å². The van der Waals surface area contributed by atoms with Gasteiger partial charge in [0.15, 0.2) is 0 Å². The Morgan fingerprint density at radius 3 is 2.27 bits per heavy atom. The van der Waals surface area contributed by atoms with Crippen LogP contribution < -0.4 is 10.0 Å². The lowest BCUT2D eigenvalue weighted by Crippen LogP contribution is -2.42. The van der Waals surface area contributed by atoms with Crippen molar-refractivity contribution in [3.05, 3.63) is 0 Å². The number of sulfonamides is 1. The molecule has 6 nitrogen and oxygen atoms in total. The highest BCUT2D eigenvalue weighted by molar-refractivity contribution is 7.88. The highest BCUT2D eigenvalue weighted by Gasteiger charge is 2.22. The molecule has 0 unspecified atom stereocenters. The molecule has 90 valence electrons. The van der Waals surface area contributed by atoms with Crippen molar-refractivity contribution in [3.8, 4) is 0 Å². The maximum absolute atomic E-state index is 11.1. The van der Waals surface area contributed by atoms with Crippen molar-refractivity contribution in [2.24, 2.45) is 0 Å². The lowest BCUT2D eigenvalue weighted by molar-refractivity contribution is -0.136. The van der Waals surface area contributed by atoms with Crippen molar-refractivity contribution in [2.45, 2.75) is 25.9 Å². The Bertz CT molecular complexity index is 305. The van der Waals surface area contributed by atoms with Crippen molar-refractivity contribution in [1.82, 2.24) is 10.0 Å². The predicted octanol–water partition coefficient (Wildman–Crippen LogP) is -1.19. The minimum absolute atomic E-state index is 0.269. The molecule has 0 aliphatic rings. The second-order valence-electron chi connectivity index (χ2n) is 3.83. The van der Waals surface area contributed by atoms with Gasteiger partial charge in [0, 0.05) is 13.1 Å². The fourth-order valence-corrected chi connectivity index (χ4v) is 1.28. The van der Waals surface area contributed by atoms with Crippen LogP contribution in [0.4, 0.5) is 0 Å². The van der Waals surface area contributed by atoms with Crippen LogP contribution in [0, 0.1) is 0 Å². The molecule has 3 N–H and O–H groups in total. The molecule has 0 atom stereocenters. The first-order chi connectivity index (χ1) is 6.63. The van der Waals surface area contributed by atoms with Gasteiger partial charge in [-0.25, -0.2) is 13.1 Å². The number of amides is 1. The van der Waals surface area contributed by atoms with Crippen molar-refractivity contribution in [2.75, 3.05) is 19.3 Å². The molecule has 7 heteroatoms. The standard InChI is InChI=1S/C8H18N2O4S/c1-8(2,12)7(11)9-5-4-6-10-15(3,13)14/h10,12H,4-6H2,1-3H3,(H,9,11). The summed E-state index contributed by atoms with van der Waals surface area (Å²) in [6.07, 6.45) is 1.55. The quantitative estimate of drug-likeness (QED) is 0.507. The van der Waals surface area contributed by atoms with E-state index in [2.05, 4.69) is 10.0 Å². The molecule has 0 bridgehead atoms. The van der Waals surface area contributed by atoms with Crippen LogP contribution in [0.2, 0.25) is 0 Å². The van der Waals surface area contributed by atoms with Crippen LogP contribution in [0.1, 0.15) is 20.3 Å². The Balaban J connectivity index is 3.61. The minimum atomic E-state index is -3.17. The van der Waals surface area contributed by atoms with Crippen molar-refractivity contribution < 1.29 is 18.3 Å². The van der Waals surface area contributed by atoms with Gasteiger partial charge in [-0.05, 0) is 20.3 Å². The van der Waals surface area contributed by atoms with Gasteiger partial charge in [-0.2, -0.15) is 0 Å². The number of carbonyl (C=O) groups excluding carboxylic acids is 1. The first-order valence-corrected chi connectivity index (χ1v) is 6.47. The molecule has 0 saturated carbocycles. The summed E-state index contributed by atoms with van der Waals surface area (Å²) in [6, 6.07) is 0. The van der Waals surface area contributed by atoms with E-state index >= 15 is 0 Å². The third-order valence-corrected chi connectivity index (χ3v) is 2.29. The topological polar surface area (TPSA) is 95.5 Å². The van der Waals surface area contributed by atoms with Gasteiger partial charge < -0.3 is 10.4 Å². The first kappa shape index (κ1) is 14.3. The van der Waals surface area contributed by atoms with E-state index in [-0.39, 0.29) is 6.54 Å². The van der Waals surface area contributed by atoms with Crippen molar-refractivity contribution in [3.63, 3.8) is 0 Å². The zero-order valence-corrected chi connectivity index (χ0v) is 10.0. The molecule has 0 aliphatic carbocycles. The van der Waals surface area contributed by atoms with Crippen LogP contribution in [0.5, 0.6) is 0 Å². The second-order valence-corrected chi connectivity index (χ2v) is 5.67. The average Bonchev–Trinajstić information content (AvgIpc) is 1.99. The third kappa shape index (κ3) is 8.34. The molecule has 15 heavy (non-hydrogen) atoms. The molecule has 0 spiro atoms. The summed E-state index contributed by atoms with van der Waals surface area (Å²) in [4.78, 5) is 11.1. The predicted molar refractivity (Wildman–Crippen MR) is 56.8 cm³/mol. The van der Waals surface area contributed by atoms with Crippen LogP contribution in [0.3, 0.4) is 0 Å². The molecule has 0 aromatic rings. The maximum atomic E-state index is 11.1. The lowest BCUT2D eigenvalue weighted by atomic mass is 10.1. The summed E-state index contributed by atoms with van der Waals surface area (Å²) < 4.78 is 23.6. The summed E-state index contributed by atoms with van der Waals surface area (Å²) >= 11 is 0. The van der Waals surface area contributed by atoms with Gasteiger partial charge in [0.1, 0.15) is 5.60 Å². The molecule has 0 saturated heterocycles. The highest BCUT2D eigenvalue weighted by Crippen LogP contribution is 1.99. The molecule has 0 radical (unpaired) electrons. The van der Waals surface area contributed by atoms with Gasteiger partial charge in [-0.3, -0.25) is 4.79 Å². The van der Waals surface area contributed by atoms with Crippen LogP contribution >= 0.6 is 0 Å². The molecule has 0 heterocycles. The molecular formula is C8H18N2O4S. The number of nitrogens with one attached hydrogen (secondary N) is 2. The summed E-state index contributed by atoms with van der Waals surface area (Å²) in [6.45, 7) is 3.37. The van der Waals surface area contributed by atoms with Gasteiger partial charge in [0.2, 0.25) is 10.0 Å². The average molecular weight is 238 g/mol. The van der Waals surface area contributed by atoms with Gasteiger partial charge >= 0.3 is 0 Å². The molecule has 0 aromatic heterocycles. The van der Waals surface area contributed by atoms with E-state index in [0.29, 0.717) is 13.0 Å². The highest BCUT2D eigenvalue weighted by atomic mass is 32.2. The van der Waals surface area contributed by atoms with Gasteiger partial charge in [0.25, 0.3) is 5.91 Å². The molecule has 0 rings (SSSR count). The van der Waals surface area contributed by atoms with E-state index in [1.54, 1.807) is 0 Å². The van der Waals surface area contributed by atoms with Gasteiger partial charge in [-0.1, -0.05) is 0 Å². The smallest absolute Gasteiger partial charge is 0.251 e. The van der Waals surface area contributed by atoms with Crippen LogP contribution in [-0.4, -0.2) is 44.4 Å². The summed E-state index contributed by atoms with van der Waals surface area (Å²) in [5, 5.41) is 11.7. The largest absolute Gasteiger partial charge is 0.381 e. The fourth-order valence-electron chi connectivity index (χ4n) is 0.764. The number of aliphatic hydroxyl groups is 1. The Morgan fingerprint density at radius 1 is 1.33 bits per heavy atom. The maximum Gasteiger partial charge on any atom is 0.251 e. The van der Waals surface area contributed by atoms with Gasteiger partial charge in [-0.15, -0.1) is 0 Å². The van der Waals surface area contributed by atoms with Crippen molar-refractivity contribution >= 4 is 15.9 Å². The van der Waals surface area contributed by atoms with Crippen molar-refractivity contribution in [1.29, 1.82) is 0 Å². The van der Waals surface area contributed by atoms with E-state index in [0.717, 1.165) is 6.26 Å². The SMILES string of the molecule is CC(C)(O)C(=O)NCCCNS(C)(=O)=O. The lowest BCUT2D eigenvalue weighted by Gasteiger charge is -2.16. The minimum Gasteiger partial charge on any atom is -0.381 e. The summed E-state index contributed by atoms with van der Waals surface area (Å²) in [7, 11) is -3.17. The fraction of sp³-hybridized carbons (Fsp3) is 0.875. The number of rotatable bonds is 6. The monoisotopic (exact) mass is 238 g/mol. The summed E-state index contributed by atoms with van der Waals surface area (Å²) in [5.41, 5.74) is -1.40. The van der Waals surface area contributed by atoms with Gasteiger partial charge in [0.05, 0.1) is 6.26 Å².